The number of benzene rings is 2. The van der Waals surface area contributed by atoms with Crippen LogP contribution in [0.2, 0.25) is 0 Å². The summed E-state index contributed by atoms with van der Waals surface area (Å²) in [6.45, 7) is 4.32. The second-order valence-electron chi connectivity index (χ2n) is 6.20. The third-order valence-electron chi connectivity index (χ3n) is 4.14. The van der Waals surface area contributed by atoms with Gasteiger partial charge in [0.2, 0.25) is 0 Å². The van der Waals surface area contributed by atoms with Crippen molar-refractivity contribution in [2.75, 3.05) is 4.72 Å². The molecule has 8 nitrogen and oxygen atoms in total. The number of aryl methyl sites for hydroxylation is 1. The van der Waals surface area contributed by atoms with Gasteiger partial charge in [0.05, 0.1) is 32.2 Å². The van der Waals surface area contributed by atoms with E-state index in [0.717, 1.165) is 27.5 Å². The van der Waals surface area contributed by atoms with Crippen LogP contribution >= 0.6 is 15.9 Å². The summed E-state index contributed by atoms with van der Waals surface area (Å²) in [5, 5.41) is 15.3. The van der Waals surface area contributed by atoms with Crippen LogP contribution in [0.3, 0.4) is 0 Å². The average molecular weight is 465 g/mol. The van der Waals surface area contributed by atoms with Crippen molar-refractivity contribution in [3.8, 4) is 0 Å². The Morgan fingerprint density at radius 2 is 1.89 bits per heavy atom. The second kappa shape index (κ2) is 7.72. The van der Waals surface area contributed by atoms with Crippen molar-refractivity contribution in [3.05, 3.63) is 80.1 Å². The maximum Gasteiger partial charge on any atom is 0.270 e. The molecule has 10 heteroatoms. The first-order valence-corrected chi connectivity index (χ1v) is 10.5. The normalized spacial score (nSPS) is 11.4. The zero-order chi connectivity index (χ0) is 20.5. The van der Waals surface area contributed by atoms with Gasteiger partial charge < -0.3 is 0 Å². The first-order chi connectivity index (χ1) is 13.2. The van der Waals surface area contributed by atoms with Gasteiger partial charge in [0.15, 0.2) is 0 Å². The zero-order valence-electron chi connectivity index (χ0n) is 15.1. The molecule has 0 atom stereocenters. The number of anilines is 1. The topological polar surface area (TPSA) is 107 Å². The average Bonchev–Trinajstić information content (AvgIpc) is 2.88. The minimum Gasteiger partial charge on any atom is -0.280 e. The molecule has 1 N–H and O–H groups in total. The van der Waals surface area contributed by atoms with Gasteiger partial charge in [-0.15, -0.1) is 0 Å². The highest BCUT2D eigenvalue weighted by Crippen LogP contribution is 2.23. The molecule has 0 spiro atoms. The third kappa shape index (κ3) is 4.23. The molecule has 3 rings (SSSR count). The summed E-state index contributed by atoms with van der Waals surface area (Å²) in [5.41, 5.74) is 2.79. The summed E-state index contributed by atoms with van der Waals surface area (Å²) in [4.78, 5) is 10.1. The summed E-state index contributed by atoms with van der Waals surface area (Å²) < 4.78 is 30.4. The van der Waals surface area contributed by atoms with Gasteiger partial charge >= 0.3 is 0 Å². The van der Waals surface area contributed by atoms with Crippen molar-refractivity contribution in [2.24, 2.45) is 0 Å². The second-order valence-corrected chi connectivity index (χ2v) is 8.68. The molecule has 28 heavy (non-hydrogen) atoms. The number of rotatable bonds is 6. The molecule has 0 amide bonds. The highest BCUT2D eigenvalue weighted by molar-refractivity contribution is 9.10. The minimum absolute atomic E-state index is 0.172. The van der Waals surface area contributed by atoms with Gasteiger partial charge in [-0.3, -0.25) is 19.5 Å². The van der Waals surface area contributed by atoms with Gasteiger partial charge in [0.25, 0.3) is 15.7 Å². The molecule has 1 heterocycles. The number of sulfonamides is 1. The van der Waals surface area contributed by atoms with E-state index in [-0.39, 0.29) is 10.6 Å². The zero-order valence-corrected chi connectivity index (χ0v) is 17.5. The molecule has 0 bridgehead atoms. The van der Waals surface area contributed by atoms with Crippen molar-refractivity contribution in [2.45, 2.75) is 25.3 Å². The Morgan fingerprint density at radius 1 is 1.18 bits per heavy atom. The Balaban J connectivity index is 1.85. The van der Waals surface area contributed by atoms with Crippen LogP contribution < -0.4 is 4.72 Å². The molecule has 1 aromatic heterocycles. The summed E-state index contributed by atoms with van der Waals surface area (Å²) in [5.74, 6) is 0. The Hall–Kier alpha value is -2.72. The van der Waals surface area contributed by atoms with Crippen LogP contribution in [0.4, 0.5) is 11.4 Å². The van der Waals surface area contributed by atoms with E-state index in [4.69, 9.17) is 0 Å². The SMILES string of the molecule is Cc1nn(Cc2cccc(NS(=O)(=O)c3cccc([N+](=O)[O-])c3)c2)c(C)c1Br. The molecule has 0 saturated carbocycles. The minimum atomic E-state index is -3.95. The van der Waals surface area contributed by atoms with Crippen molar-refractivity contribution < 1.29 is 13.3 Å². The molecular formula is C18H17BrN4O4S. The fourth-order valence-electron chi connectivity index (χ4n) is 2.71. The molecule has 0 unspecified atom stereocenters. The first kappa shape index (κ1) is 20.0. The highest BCUT2D eigenvalue weighted by atomic mass is 79.9. The molecule has 0 saturated heterocycles. The molecule has 0 radical (unpaired) electrons. The number of nitro groups is 1. The predicted octanol–water partition coefficient (Wildman–Crippen LogP) is 4.02. The lowest BCUT2D eigenvalue weighted by Crippen LogP contribution is -2.13. The van der Waals surface area contributed by atoms with E-state index >= 15 is 0 Å². The number of hydrogen-bond acceptors (Lipinski definition) is 5. The Morgan fingerprint density at radius 3 is 2.54 bits per heavy atom. The molecule has 0 aliphatic carbocycles. The standard InChI is InChI=1S/C18H17BrN4O4S/c1-12-18(19)13(2)22(20-12)11-14-5-3-6-15(9-14)21-28(26,27)17-8-4-7-16(10-17)23(24)25/h3-10,21H,11H2,1-2H3. The monoisotopic (exact) mass is 464 g/mol. The van der Waals surface area contributed by atoms with E-state index in [9.17, 15) is 18.5 Å². The van der Waals surface area contributed by atoms with Gasteiger partial charge in [0, 0.05) is 17.8 Å². The number of hydrogen-bond donors (Lipinski definition) is 1. The number of halogens is 1. The number of nitrogens with zero attached hydrogens (tertiary/aromatic N) is 3. The number of nitro benzene ring substituents is 1. The summed E-state index contributed by atoms with van der Waals surface area (Å²) in [6.07, 6.45) is 0. The molecule has 0 fully saturated rings. The number of aromatic nitrogens is 2. The quantitative estimate of drug-likeness (QED) is 0.437. The maximum atomic E-state index is 12.6. The van der Waals surface area contributed by atoms with Crippen molar-refractivity contribution in [1.82, 2.24) is 9.78 Å². The Labute approximate surface area is 170 Å². The Bertz CT molecular complexity index is 1160. The maximum absolute atomic E-state index is 12.6. The summed E-state index contributed by atoms with van der Waals surface area (Å²) >= 11 is 3.49. The van der Waals surface area contributed by atoms with Gasteiger partial charge in [-0.25, -0.2) is 8.42 Å². The van der Waals surface area contributed by atoms with Crippen LogP contribution in [-0.2, 0) is 16.6 Å². The van der Waals surface area contributed by atoms with Crippen LogP contribution in [0.15, 0.2) is 57.9 Å². The van der Waals surface area contributed by atoms with E-state index in [1.807, 2.05) is 24.6 Å². The van der Waals surface area contributed by atoms with Crippen LogP contribution in [0, 0.1) is 24.0 Å². The summed E-state index contributed by atoms with van der Waals surface area (Å²) in [7, 11) is -3.95. The van der Waals surface area contributed by atoms with E-state index in [1.54, 1.807) is 18.2 Å². The Kier molecular flexibility index (Phi) is 5.52. The smallest absolute Gasteiger partial charge is 0.270 e. The molecular weight excluding hydrogens is 448 g/mol. The van der Waals surface area contributed by atoms with Crippen molar-refractivity contribution in [1.29, 1.82) is 0 Å². The fraction of sp³-hybridized carbons (Fsp3) is 0.167. The number of non-ortho nitro benzene ring substituents is 1. The van der Waals surface area contributed by atoms with Gasteiger partial charge in [-0.1, -0.05) is 18.2 Å². The van der Waals surface area contributed by atoms with Crippen LogP contribution in [0.5, 0.6) is 0 Å². The van der Waals surface area contributed by atoms with Crippen LogP contribution in [0.1, 0.15) is 17.0 Å². The molecule has 0 aliphatic rings. The lowest BCUT2D eigenvalue weighted by atomic mass is 10.2. The molecule has 2 aromatic carbocycles. The largest absolute Gasteiger partial charge is 0.280 e. The van der Waals surface area contributed by atoms with E-state index in [2.05, 4.69) is 25.8 Å². The van der Waals surface area contributed by atoms with Crippen molar-refractivity contribution in [3.63, 3.8) is 0 Å². The third-order valence-corrected chi connectivity index (χ3v) is 6.67. The van der Waals surface area contributed by atoms with Crippen LogP contribution in [0.25, 0.3) is 0 Å². The number of nitrogens with one attached hydrogen (secondary N) is 1. The first-order valence-electron chi connectivity index (χ1n) is 8.23. The van der Waals surface area contributed by atoms with E-state index in [1.165, 1.54) is 18.2 Å². The van der Waals surface area contributed by atoms with Gasteiger partial charge in [-0.2, -0.15) is 5.10 Å². The lowest BCUT2D eigenvalue weighted by Gasteiger charge is -2.10. The summed E-state index contributed by atoms with van der Waals surface area (Å²) in [6, 6.07) is 11.9. The van der Waals surface area contributed by atoms with E-state index in [0.29, 0.717) is 12.2 Å². The molecule has 3 aromatic rings. The molecule has 146 valence electrons. The van der Waals surface area contributed by atoms with Crippen LogP contribution in [-0.4, -0.2) is 23.1 Å². The van der Waals surface area contributed by atoms with E-state index < -0.39 is 14.9 Å². The lowest BCUT2D eigenvalue weighted by molar-refractivity contribution is -0.385. The fourth-order valence-corrected chi connectivity index (χ4v) is 4.09. The predicted molar refractivity (Wildman–Crippen MR) is 109 cm³/mol. The van der Waals surface area contributed by atoms with Gasteiger partial charge in [-0.05, 0) is 53.5 Å². The van der Waals surface area contributed by atoms with Gasteiger partial charge in [0.1, 0.15) is 0 Å². The highest BCUT2D eigenvalue weighted by Gasteiger charge is 2.18. The molecule has 0 aliphatic heterocycles. The van der Waals surface area contributed by atoms with Crippen molar-refractivity contribution >= 4 is 37.3 Å².